The number of hydrogen-bond acceptors (Lipinski definition) is 7. The Morgan fingerprint density at radius 2 is 1.78 bits per heavy atom. The summed E-state index contributed by atoms with van der Waals surface area (Å²) in [5, 5.41) is 11.7. The fraction of sp³-hybridized carbons (Fsp3) is 0.346. The van der Waals surface area contributed by atoms with Crippen molar-refractivity contribution in [2.75, 3.05) is 12.0 Å². The molecule has 2 aliphatic carbocycles. The number of imide groups is 1. The van der Waals surface area contributed by atoms with Crippen molar-refractivity contribution in [1.29, 1.82) is 0 Å². The molecule has 2 N–H and O–H groups in total. The van der Waals surface area contributed by atoms with Gasteiger partial charge in [0.05, 0.1) is 29.7 Å². The largest absolute Gasteiger partial charge is 0.504 e. The number of amides is 2. The molecule has 2 saturated carbocycles. The molecule has 2 aromatic carbocycles. The third-order valence-electron chi connectivity index (χ3n) is 8.37. The Morgan fingerprint density at radius 1 is 1.06 bits per heavy atom. The van der Waals surface area contributed by atoms with Crippen LogP contribution in [0.5, 0.6) is 11.5 Å². The van der Waals surface area contributed by atoms with Crippen LogP contribution >= 0.6 is 34.7 Å². The Labute approximate surface area is 219 Å². The first-order valence-corrected chi connectivity index (χ1v) is 13.8. The number of fused-ring (bicyclic) bond motifs is 9. The van der Waals surface area contributed by atoms with Crippen molar-refractivity contribution in [2.45, 2.75) is 22.6 Å². The quantitative estimate of drug-likeness (QED) is 0.475. The van der Waals surface area contributed by atoms with E-state index in [1.54, 1.807) is 42.1 Å². The number of aromatic hydroxyl groups is 1. The summed E-state index contributed by atoms with van der Waals surface area (Å²) >= 11 is 8.89. The zero-order valence-corrected chi connectivity index (χ0v) is 21.4. The summed E-state index contributed by atoms with van der Waals surface area (Å²) < 4.78 is 5.38. The average Bonchev–Trinajstić information content (AvgIpc) is 3.59. The van der Waals surface area contributed by atoms with Gasteiger partial charge < -0.3 is 14.8 Å². The van der Waals surface area contributed by atoms with Gasteiger partial charge in [-0.2, -0.15) is 0 Å². The van der Waals surface area contributed by atoms with Crippen molar-refractivity contribution in [3.63, 3.8) is 0 Å². The molecule has 2 bridgehead atoms. The number of phenolic OH excluding ortho intramolecular Hbond substituents is 1. The van der Waals surface area contributed by atoms with E-state index in [-0.39, 0.29) is 63.2 Å². The maximum atomic E-state index is 13.7. The molecule has 1 aromatic heterocycles. The first kappa shape index (κ1) is 22.4. The van der Waals surface area contributed by atoms with Gasteiger partial charge in [-0.3, -0.25) is 19.3 Å². The highest BCUT2D eigenvalue weighted by molar-refractivity contribution is 8.00. The molecule has 5 unspecified atom stereocenters. The highest BCUT2D eigenvalue weighted by Crippen LogP contribution is 2.68. The third kappa shape index (κ3) is 2.96. The lowest BCUT2D eigenvalue weighted by atomic mass is 9.68. The number of hydrogen-bond donors (Lipinski definition) is 2. The Balaban J connectivity index is 1.33. The third-order valence-corrected chi connectivity index (χ3v) is 11.2. The molecule has 3 heterocycles. The summed E-state index contributed by atoms with van der Waals surface area (Å²) in [6, 6.07) is 12.1. The van der Waals surface area contributed by atoms with Crippen LogP contribution in [0, 0.1) is 29.6 Å². The molecule has 10 heteroatoms. The summed E-state index contributed by atoms with van der Waals surface area (Å²) in [5.74, 6) is -0.576. The number of thioether (sulfide) groups is 1. The van der Waals surface area contributed by atoms with Crippen LogP contribution in [-0.2, 0) is 9.59 Å². The number of halogens is 1. The second-order valence-corrected chi connectivity index (χ2v) is 12.5. The number of aromatic amines is 1. The van der Waals surface area contributed by atoms with Gasteiger partial charge in [-0.15, -0.1) is 11.8 Å². The number of aromatic nitrogens is 1. The van der Waals surface area contributed by atoms with Crippen LogP contribution in [0.3, 0.4) is 0 Å². The van der Waals surface area contributed by atoms with Crippen LogP contribution in [0.2, 0.25) is 5.02 Å². The summed E-state index contributed by atoms with van der Waals surface area (Å²) in [6.07, 6.45) is 0.814. The Kier molecular flexibility index (Phi) is 4.91. The van der Waals surface area contributed by atoms with E-state index in [1.165, 1.54) is 23.3 Å². The van der Waals surface area contributed by atoms with Crippen molar-refractivity contribution >= 4 is 52.2 Å². The molecule has 0 spiro atoms. The zero-order valence-electron chi connectivity index (χ0n) is 19.0. The molecule has 3 fully saturated rings. The first-order valence-electron chi connectivity index (χ1n) is 11.8. The van der Waals surface area contributed by atoms with Crippen molar-refractivity contribution in [3.8, 4) is 11.5 Å². The number of nitrogens with zero attached hydrogens (tertiary/aromatic N) is 1. The average molecular weight is 541 g/mol. The molecule has 3 aromatic rings. The lowest BCUT2D eigenvalue weighted by Gasteiger charge is -2.43. The summed E-state index contributed by atoms with van der Waals surface area (Å²) in [4.78, 5) is 45.0. The molecule has 7 rings (SSSR count). The number of phenols is 1. The van der Waals surface area contributed by atoms with E-state index in [4.69, 9.17) is 16.3 Å². The van der Waals surface area contributed by atoms with Gasteiger partial charge >= 0.3 is 4.87 Å². The van der Waals surface area contributed by atoms with E-state index >= 15 is 0 Å². The Hall–Kier alpha value is -2.75. The highest BCUT2D eigenvalue weighted by atomic mass is 35.5. The standard InChI is InChI=1S/C26H21ClN2O5S2/c1-34-16-8-10(2-7-15(16)30)17-18-13-9-14(21(18)35-23-22(17)36-26(33)28-23)20-19(13)24(31)29(25(20)32)12-5-3-11(27)4-6-12/h2-8,13-14,17-21,30H,9H2,1H3,(H,28,33)/t13-,14-,17?,18?,19?,20?,21?/m1/s1. The molecule has 2 aliphatic heterocycles. The number of carbonyl (C=O) groups is 2. The van der Waals surface area contributed by atoms with Gasteiger partial charge in [-0.25, -0.2) is 0 Å². The number of H-pyrrole nitrogens is 1. The van der Waals surface area contributed by atoms with Crippen LogP contribution in [0.1, 0.15) is 22.8 Å². The van der Waals surface area contributed by atoms with Crippen LogP contribution < -0.4 is 14.5 Å². The maximum absolute atomic E-state index is 13.7. The van der Waals surface area contributed by atoms with Gasteiger partial charge in [-0.1, -0.05) is 29.0 Å². The molecule has 4 aliphatic rings. The fourth-order valence-corrected chi connectivity index (χ4v) is 10.1. The lowest BCUT2D eigenvalue weighted by molar-refractivity contribution is -0.123. The van der Waals surface area contributed by atoms with Crippen molar-refractivity contribution in [2.24, 2.45) is 29.6 Å². The van der Waals surface area contributed by atoms with Crippen molar-refractivity contribution in [3.05, 3.63) is 67.6 Å². The summed E-state index contributed by atoms with van der Waals surface area (Å²) in [6.45, 7) is 0. The van der Waals surface area contributed by atoms with E-state index in [0.717, 1.165) is 21.9 Å². The zero-order chi connectivity index (χ0) is 24.9. The number of carbonyl (C=O) groups excluding carboxylic acids is 2. The predicted molar refractivity (Wildman–Crippen MR) is 137 cm³/mol. The van der Waals surface area contributed by atoms with Gasteiger partial charge in [0.1, 0.15) is 0 Å². The molecular weight excluding hydrogens is 520 g/mol. The fourth-order valence-electron chi connectivity index (χ4n) is 7.12. The normalized spacial score (nSPS) is 31.9. The van der Waals surface area contributed by atoms with Gasteiger partial charge in [0, 0.05) is 21.1 Å². The molecule has 2 amide bonds. The summed E-state index contributed by atoms with van der Waals surface area (Å²) in [7, 11) is 1.51. The van der Waals surface area contributed by atoms with Gasteiger partial charge in [0.2, 0.25) is 11.8 Å². The van der Waals surface area contributed by atoms with E-state index in [2.05, 4.69) is 4.98 Å². The minimum absolute atomic E-state index is 0.0152. The number of thiazole rings is 1. The maximum Gasteiger partial charge on any atom is 0.305 e. The number of methoxy groups -OCH3 is 1. The molecule has 7 nitrogen and oxygen atoms in total. The van der Waals surface area contributed by atoms with Crippen LogP contribution in [0.25, 0.3) is 0 Å². The van der Waals surface area contributed by atoms with Crippen LogP contribution in [0.4, 0.5) is 5.69 Å². The monoisotopic (exact) mass is 540 g/mol. The SMILES string of the molecule is COc1cc(C2c3sc(=O)[nH]c3SC3C2[C@H]2C[C@@H]3C3C(=O)N(c4ccc(Cl)cc4)C(=O)C32)ccc1O. The van der Waals surface area contributed by atoms with E-state index in [1.807, 2.05) is 12.1 Å². The van der Waals surface area contributed by atoms with Gasteiger partial charge in [0.25, 0.3) is 0 Å². The summed E-state index contributed by atoms with van der Waals surface area (Å²) in [5.41, 5.74) is 1.49. The molecule has 184 valence electrons. The first-order chi connectivity index (χ1) is 17.4. The molecule has 0 radical (unpaired) electrons. The number of nitrogens with one attached hydrogen (secondary N) is 1. The lowest BCUT2D eigenvalue weighted by Crippen LogP contribution is -2.42. The van der Waals surface area contributed by atoms with Crippen LogP contribution in [-0.4, -0.2) is 34.3 Å². The minimum Gasteiger partial charge on any atom is -0.504 e. The Bertz CT molecular complexity index is 1480. The Morgan fingerprint density at radius 3 is 2.50 bits per heavy atom. The number of rotatable bonds is 3. The number of benzene rings is 2. The second-order valence-electron chi connectivity index (χ2n) is 9.88. The van der Waals surface area contributed by atoms with Crippen LogP contribution in [0.15, 0.2) is 52.3 Å². The van der Waals surface area contributed by atoms with Crippen molar-refractivity contribution < 1.29 is 19.4 Å². The molecule has 7 atom stereocenters. The number of ether oxygens (including phenoxy) is 1. The number of anilines is 1. The molecule has 1 saturated heterocycles. The molecule has 36 heavy (non-hydrogen) atoms. The van der Waals surface area contributed by atoms with E-state index in [0.29, 0.717) is 16.5 Å². The minimum atomic E-state index is -0.376. The van der Waals surface area contributed by atoms with E-state index in [9.17, 15) is 19.5 Å². The molecular formula is C26H21ClN2O5S2. The highest BCUT2D eigenvalue weighted by Gasteiger charge is 2.69. The van der Waals surface area contributed by atoms with Gasteiger partial charge in [-0.05, 0) is 66.1 Å². The van der Waals surface area contributed by atoms with Gasteiger partial charge in [0.15, 0.2) is 11.5 Å². The smallest absolute Gasteiger partial charge is 0.305 e. The van der Waals surface area contributed by atoms with E-state index < -0.39 is 0 Å². The topological polar surface area (TPSA) is 99.7 Å². The second kappa shape index (κ2) is 7.87. The van der Waals surface area contributed by atoms with Crippen molar-refractivity contribution in [1.82, 2.24) is 4.98 Å². The predicted octanol–water partition coefficient (Wildman–Crippen LogP) is 4.48.